The number of halogens is 3. The summed E-state index contributed by atoms with van der Waals surface area (Å²) >= 11 is 0. The Kier molecular flexibility index (Phi) is 8.71. The zero-order valence-electron chi connectivity index (χ0n) is 20.8. The zero-order chi connectivity index (χ0) is 26.4. The number of aromatic nitrogens is 3. The number of carbonyl (C=O) groups excluding carboxylic acids is 1. The molecule has 1 aliphatic heterocycles. The first-order chi connectivity index (χ1) is 17.7. The topological polar surface area (TPSA) is 100 Å². The van der Waals surface area contributed by atoms with Crippen LogP contribution in [0.1, 0.15) is 74.7 Å². The minimum absolute atomic E-state index is 0.0726. The minimum atomic E-state index is -5.08. The number of nitrogens with one attached hydrogen (secondary N) is 1. The molecule has 0 unspecified atom stereocenters. The van der Waals surface area contributed by atoms with Gasteiger partial charge in [0.1, 0.15) is 5.69 Å². The highest BCUT2D eigenvalue weighted by Gasteiger charge is 2.38. The molecule has 1 amide bonds. The number of alkyl halides is 3. The summed E-state index contributed by atoms with van der Waals surface area (Å²) in [4.78, 5) is 33.5. The molecule has 0 aromatic carbocycles. The quantitative estimate of drug-likeness (QED) is 0.517. The molecule has 0 atom stereocenters. The summed E-state index contributed by atoms with van der Waals surface area (Å²) in [6.45, 7) is 3.02. The second kappa shape index (κ2) is 12.0. The van der Waals surface area contributed by atoms with Crippen molar-refractivity contribution in [2.24, 2.45) is 5.92 Å². The molecular weight excluding hydrogens is 487 g/mol. The first-order valence-corrected chi connectivity index (χ1v) is 13.1. The predicted octanol–water partition coefficient (Wildman–Crippen LogP) is 5.04. The first kappa shape index (κ1) is 26.9. The van der Waals surface area contributed by atoms with Crippen molar-refractivity contribution in [3.8, 4) is 11.1 Å². The number of anilines is 1. The van der Waals surface area contributed by atoms with Gasteiger partial charge in [0, 0.05) is 55.4 Å². The molecule has 202 valence electrons. The fourth-order valence-corrected chi connectivity index (χ4v) is 4.82. The van der Waals surface area contributed by atoms with Gasteiger partial charge in [0.25, 0.3) is 5.91 Å². The van der Waals surface area contributed by atoms with Gasteiger partial charge in [-0.05, 0) is 50.5 Å². The molecule has 0 spiro atoms. The summed E-state index contributed by atoms with van der Waals surface area (Å²) in [5.74, 6) is -1.15. The van der Waals surface area contributed by atoms with E-state index in [1.165, 1.54) is 51.4 Å². The highest BCUT2D eigenvalue weighted by molar-refractivity contribution is 5.94. The number of carboxylic acid groups (broad SMARTS) is 1. The number of hydrogen-bond donors (Lipinski definition) is 2. The van der Waals surface area contributed by atoms with E-state index in [4.69, 9.17) is 9.90 Å². The van der Waals surface area contributed by atoms with Crippen LogP contribution >= 0.6 is 0 Å². The van der Waals surface area contributed by atoms with E-state index in [9.17, 15) is 18.0 Å². The van der Waals surface area contributed by atoms with Crippen molar-refractivity contribution in [2.45, 2.75) is 83.0 Å². The van der Waals surface area contributed by atoms with Crippen LogP contribution in [0.5, 0.6) is 0 Å². The minimum Gasteiger partial charge on any atom is -0.475 e. The number of rotatable bonds is 6. The standard InChI is InChI=1S/C24H33N5O.C2HF3O2/c30-23(27-21-7-3-1-2-4-8-21)22-13-19(17-29(22)16-18-9-10-18)20-14-25-24(26-15-20)28-11-5-6-12-28;3-2(4,5)1(6)7/h13-15,17-18,21H,1-12,16H2,(H,27,30);(H,6,7). The van der Waals surface area contributed by atoms with Crippen molar-refractivity contribution in [3.63, 3.8) is 0 Å². The lowest BCUT2D eigenvalue weighted by Gasteiger charge is -2.17. The number of carbonyl (C=O) groups is 2. The van der Waals surface area contributed by atoms with Crippen molar-refractivity contribution in [1.82, 2.24) is 19.9 Å². The van der Waals surface area contributed by atoms with Crippen LogP contribution in [0.4, 0.5) is 19.1 Å². The van der Waals surface area contributed by atoms with Crippen molar-refractivity contribution in [3.05, 3.63) is 30.4 Å². The molecule has 3 fully saturated rings. The average Bonchev–Trinajstić information content (AvgIpc) is 3.41. The number of carboxylic acids is 1. The average molecular weight is 522 g/mol. The summed E-state index contributed by atoms with van der Waals surface area (Å²) in [6.07, 6.45) is 13.1. The van der Waals surface area contributed by atoms with E-state index < -0.39 is 12.1 Å². The maximum absolute atomic E-state index is 13.2. The van der Waals surface area contributed by atoms with Crippen LogP contribution in [0.15, 0.2) is 24.7 Å². The fourth-order valence-electron chi connectivity index (χ4n) is 4.82. The third-order valence-corrected chi connectivity index (χ3v) is 7.07. The summed E-state index contributed by atoms with van der Waals surface area (Å²) < 4.78 is 33.9. The van der Waals surface area contributed by atoms with Gasteiger partial charge in [-0.15, -0.1) is 0 Å². The number of aliphatic carboxylic acids is 1. The molecule has 2 aromatic rings. The summed E-state index contributed by atoms with van der Waals surface area (Å²) in [5, 5.41) is 10.4. The highest BCUT2D eigenvalue weighted by Crippen LogP contribution is 2.33. The Morgan fingerprint density at radius 1 is 0.946 bits per heavy atom. The Bertz CT molecular complexity index is 1050. The molecule has 3 aliphatic rings. The Balaban J connectivity index is 0.000000405. The molecule has 2 N–H and O–H groups in total. The van der Waals surface area contributed by atoms with Gasteiger partial charge in [-0.2, -0.15) is 13.2 Å². The van der Waals surface area contributed by atoms with Crippen LogP contribution in [0.3, 0.4) is 0 Å². The molecule has 2 aromatic heterocycles. The van der Waals surface area contributed by atoms with E-state index >= 15 is 0 Å². The molecular formula is C26H34F3N5O3. The molecule has 2 saturated carbocycles. The number of hydrogen-bond acceptors (Lipinski definition) is 5. The lowest BCUT2D eigenvalue weighted by Crippen LogP contribution is -2.35. The second-order valence-corrected chi connectivity index (χ2v) is 10.1. The molecule has 37 heavy (non-hydrogen) atoms. The zero-order valence-corrected chi connectivity index (χ0v) is 20.8. The first-order valence-electron chi connectivity index (χ1n) is 13.1. The van der Waals surface area contributed by atoms with Gasteiger partial charge in [0.2, 0.25) is 5.95 Å². The van der Waals surface area contributed by atoms with Gasteiger partial charge >= 0.3 is 12.1 Å². The van der Waals surface area contributed by atoms with Crippen molar-refractivity contribution >= 4 is 17.8 Å². The Labute approximate surface area is 214 Å². The maximum atomic E-state index is 13.2. The smallest absolute Gasteiger partial charge is 0.475 e. The Hall–Kier alpha value is -3.11. The molecule has 3 heterocycles. The van der Waals surface area contributed by atoms with Crippen molar-refractivity contribution < 1.29 is 27.9 Å². The predicted molar refractivity (Wildman–Crippen MR) is 132 cm³/mol. The lowest BCUT2D eigenvalue weighted by molar-refractivity contribution is -0.192. The van der Waals surface area contributed by atoms with E-state index in [1.807, 2.05) is 18.5 Å². The van der Waals surface area contributed by atoms with Crippen LogP contribution in [-0.2, 0) is 11.3 Å². The van der Waals surface area contributed by atoms with Gasteiger partial charge in [0.15, 0.2) is 0 Å². The Morgan fingerprint density at radius 3 is 2.08 bits per heavy atom. The van der Waals surface area contributed by atoms with Gasteiger partial charge in [-0.3, -0.25) is 4.79 Å². The van der Waals surface area contributed by atoms with Gasteiger partial charge in [0.05, 0.1) is 0 Å². The summed E-state index contributed by atoms with van der Waals surface area (Å²) in [7, 11) is 0. The van der Waals surface area contributed by atoms with Crippen LogP contribution in [0.2, 0.25) is 0 Å². The van der Waals surface area contributed by atoms with Crippen LogP contribution in [0, 0.1) is 5.92 Å². The van der Waals surface area contributed by atoms with Crippen molar-refractivity contribution in [2.75, 3.05) is 18.0 Å². The molecule has 8 nitrogen and oxygen atoms in total. The van der Waals surface area contributed by atoms with Gasteiger partial charge in [-0.1, -0.05) is 25.7 Å². The highest BCUT2D eigenvalue weighted by atomic mass is 19.4. The number of nitrogens with zero attached hydrogens (tertiary/aromatic N) is 4. The third-order valence-electron chi connectivity index (χ3n) is 7.07. The van der Waals surface area contributed by atoms with Gasteiger partial charge in [-0.25, -0.2) is 14.8 Å². The third kappa shape index (κ3) is 7.69. The number of amides is 1. The molecule has 0 radical (unpaired) electrons. The summed E-state index contributed by atoms with van der Waals surface area (Å²) in [5.41, 5.74) is 2.80. The van der Waals surface area contributed by atoms with Crippen LogP contribution < -0.4 is 10.2 Å². The van der Waals surface area contributed by atoms with E-state index in [-0.39, 0.29) is 5.91 Å². The van der Waals surface area contributed by atoms with Gasteiger partial charge < -0.3 is 19.9 Å². The van der Waals surface area contributed by atoms with E-state index in [0.29, 0.717) is 12.0 Å². The summed E-state index contributed by atoms with van der Waals surface area (Å²) in [6, 6.07) is 2.35. The second-order valence-electron chi connectivity index (χ2n) is 10.1. The van der Waals surface area contributed by atoms with Crippen molar-refractivity contribution in [1.29, 1.82) is 0 Å². The lowest BCUT2D eigenvalue weighted by atomic mass is 10.1. The monoisotopic (exact) mass is 521 g/mol. The van der Waals surface area contributed by atoms with E-state index in [1.54, 1.807) is 0 Å². The van der Waals surface area contributed by atoms with Crippen LogP contribution in [-0.4, -0.2) is 56.8 Å². The molecule has 11 heteroatoms. The maximum Gasteiger partial charge on any atom is 0.490 e. The van der Waals surface area contributed by atoms with E-state index in [0.717, 1.165) is 55.2 Å². The molecule has 5 rings (SSSR count). The molecule has 2 aliphatic carbocycles. The molecule has 1 saturated heterocycles. The normalized spacial score (nSPS) is 18.6. The SMILES string of the molecule is O=C(NC1CCCCCC1)c1cc(-c2cnc(N3CCCC3)nc2)cn1CC1CC1.O=C(O)C(F)(F)F. The largest absolute Gasteiger partial charge is 0.490 e. The van der Waals surface area contributed by atoms with Crippen LogP contribution in [0.25, 0.3) is 11.1 Å². The van der Waals surface area contributed by atoms with E-state index in [2.05, 4.69) is 30.9 Å². The fraction of sp³-hybridized carbons (Fsp3) is 0.615. The molecule has 0 bridgehead atoms. The Morgan fingerprint density at radius 2 is 1.54 bits per heavy atom.